The zero-order chi connectivity index (χ0) is 12.4. The molecule has 88 valence electrons. The Bertz CT molecular complexity index is 527. The fourth-order valence-corrected chi connectivity index (χ4v) is 2.12. The standard InChI is InChI=1S/C12H11Cl2N3/c1-7(15)8-3-4-9(11(14)10(8)13)12-16-5-2-6-17-12/h2-7H,15H2,1H3. The van der Waals surface area contributed by atoms with Gasteiger partial charge in [0.25, 0.3) is 0 Å². The van der Waals surface area contributed by atoms with E-state index in [-0.39, 0.29) is 6.04 Å². The van der Waals surface area contributed by atoms with Crippen LogP contribution in [0.3, 0.4) is 0 Å². The van der Waals surface area contributed by atoms with Crippen LogP contribution in [0, 0.1) is 0 Å². The molecule has 5 heteroatoms. The predicted molar refractivity (Wildman–Crippen MR) is 70.1 cm³/mol. The molecule has 0 aliphatic heterocycles. The SMILES string of the molecule is CC(N)c1ccc(-c2ncccn2)c(Cl)c1Cl. The molecule has 0 aliphatic rings. The molecular weight excluding hydrogens is 257 g/mol. The van der Waals surface area contributed by atoms with Gasteiger partial charge in [0.1, 0.15) is 0 Å². The van der Waals surface area contributed by atoms with Crippen LogP contribution in [0.2, 0.25) is 10.0 Å². The smallest absolute Gasteiger partial charge is 0.160 e. The van der Waals surface area contributed by atoms with Crippen LogP contribution >= 0.6 is 23.2 Å². The third-order valence-electron chi connectivity index (χ3n) is 2.41. The fraction of sp³-hybridized carbons (Fsp3) is 0.167. The Balaban J connectivity index is 2.56. The zero-order valence-corrected chi connectivity index (χ0v) is 10.7. The Morgan fingerprint density at radius 1 is 1.12 bits per heavy atom. The molecule has 2 rings (SSSR count). The van der Waals surface area contributed by atoms with Gasteiger partial charge in [0.05, 0.1) is 10.0 Å². The molecule has 2 aromatic rings. The van der Waals surface area contributed by atoms with Crippen molar-refractivity contribution in [3.63, 3.8) is 0 Å². The normalized spacial score (nSPS) is 12.5. The van der Waals surface area contributed by atoms with Crippen LogP contribution in [-0.2, 0) is 0 Å². The molecule has 0 fully saturated rings. The maximum absolute atomic E-state index is 6.21. The maximum Gasteiger partial charge on any atom is 0.160 e. The van der Waals surface area contributed by atoms with Crippen molar-refractivity contribution in [2.45, 2.75) is 13.0 Å². The van der Waals surface area contributed by atoms with E-state index in [4.69, 9.17) is 28.9 Å². The van der Waals surface area contributed by atoms with Crippen molar-refractivity contribution in [3.05, 3.63) is 46.2 Å². The predicted octanol–water partition coefficient (Wildman–Crippen LogP) is 3.47. The average Bonchev–Trinajstić information content (AvgIpc) is 2.33. The molecule has 1 aromatic heterocycles. The highest BCUT2D eigenvalue weighted by Crippen LogP contribution is 2.36. The van der Waals surface area contributed by atoms with Crippen LogP contribution in [0.4, 0.5) is 0 Å². The summed E-state index contributed by atoms with van der Waals surface area (Å²) in [5.41, 5.74) is 7.32. The van der Waals surface area contributed by atoms with Crippen molar-refractivity contribution >= 4 is 23.2 Å². The minimum Gasteiger partial charge on any atom is -0.324 e. The second-order valence-electron chi connectivity index (χ2n) is 3.69. The molecule has 0 spiro atoms. The van der Waals surface area contributed by atoms with Crippen LogP contribution in [0.15, 0.2) is 30.6 Å². The highest BCUT2D eigenvalue weighted by molar-refractivity contribution is 6.44. The Hall–Kier alpha value is -1.16. The van der Waals surface area contributed by atoms with Gasteiger partial charge in [-0.1, -0.05) is 29.3 Å². The Morgan fingerprint density at radius 3 is 2.35 bits per heavy atom. The van der Waals surface area contributed by atoms with Gasteiger partial charge in [-0.2, -0.15) is 0 Å². The van der Waals surface area contributed by atoms with Crippen molar-refractivity contribution in [1.29, 1.82) is 0 Å². The number of nitrogens with two attached hydrogens (primary N) is 1. The van der Waals surface area contributed by atoms with Gasteiger partial charge in [0.15, 0.2) is 5.82 Å². The van der Waals surface area contributed by atoms with Crippen LogP contribution in [0.5, 0.6) is 0 Å². The minimum atomic E-state index is -0.161. The van der Waals surface area contributed by atoms with Crippen molar-refractivity contribution in [2.75, 3.05) is 0 Å². The van der Waals surface area contributed by atoms with E-state index < -0.39 is 0 Å². The summed E-state index contributed by atoms with van der Waals surface area (Å²) in [6.45, 7) is 1.86. The zero-order valence-electron chi connectivity index (χ0n) is 9.19. The first kappa shape index (κ1) is 12.3. The van der Waals surface area contributed by atoms with Crippen molar-refractivity contribution in [2.24, 2.45) is 5.73 Å². The van der Waals surface area contributed by atoms with Crippen molar-refractivity contribution < 1.29 is 0 Å². The Kier molecular flexibility index (Phi) is 3.62. The molecule has 0 radical (unpaired) electrons. The van der Waals surface area contributed by atoms with Gasteiger partial charge >= 0.3 is 0 Å². The van der Waals surface area contributed by atoms with E-state index in [1.165, 1.54) is 0 Å². The summed E-state index contributed by atoms with van der Waals surface area (Å²) in [5.74, 6) is 0.552. The Morgan fingerprint density at radius 2 is 1.76 bits per heavy atom. The topological polar surface area (TPSA) is 51.8 Å². The first-order chi connectivity index (χ1) is 8.11. The summed E-state index contributed by atoms with van der Waals surface area (Å²) in [6.07, 6.45) is 3.32. The number of rotatable bonds is 2. The van der Waals surface area contributed by atoms with Gasteiger partial charge in [0, 0.05) is 24.0 Å². The molecular formula is C12H11Cl2N3. The lowest BCUT2D eigenvalue weighted by atomic mass is 10.1. The lowest BCUT2D eigenvalue weighted by molar-refractivity contribution is 0.818. The van der Waals surface area contributed by atoms with Gasteiger partial charge in [-0.3, -0.25) is 0 Å². The van der Waals surface area contributed by atoms with Crippen LogP contribution in [-0.4, -0.2) is 9.97 Å². The lowest BCUT2D eigenvalue weighted by Gasteiger charge is -2.12. The van der Waals surface area contributed by atoms with Crippen molar-refractivity contribution in [1.82, 2.24) is 9.97 Å². The van der Waals surface area contributed by atoms with Gasteiger partial charge in [-0.25, -0.2) is 9.97 Å². The van der Waals surface area contributed by atoms with E-state index in [2.05, 4.69) is 9.97 Å². The molecule has 1 atom stereocenters. The number of hydrogen-bond donors (Lipinski definition) is 1. The number of nitrogens with zero attached hydrogens (tertiary/aromatic N) is 2. The van der Waals surface area contributed by atoms with Gasteiger partial charge < -0.3 is 5.73 Å². The molecule has 0 aliphatic carbocycles. The Labute approximate surface area is 110 Å². The lowest BCUT2D eigenvalue weighted by Crippen LogP contribution is -2.06. The molecule has 3 nitrogen and oxygen atoms in total. The van der Waals surface area contributed by atoms with Crippen molar-refractivity contribution in [3.8, 4) is 11.4 Å². The summed E-state index contributed by atoms with van der Waals surface area (Å²) >= 11 is 12.4. The minimum absolute atomic E-state index is 0.161. The number of benzene rings is 1. The first-order valence-electron chi connectivity index (χ1n) is 5.12. The number of hydrogen-bond acceptors (Lipinski definition) is 3. The van der Waals surface area contributed by atoms with E-state index >= 15 is 0 Å². The summed E-state index contributed by atoms with van der Waals surface area (Å²) in [4.78, 5) is 8.28. The van der Waals surface area contributed by atoms with E-state index in [0.29, 0.717) is 21.4 Å². The average molecular weight is 268 g/mol. The largest absolute Gasteiger partial charge is 0.324 e. The third-order valence-corrected chi connectivity index (χ3v) is 3.31. The fourth-order valence-electron chi connectivity index (χ4n) is 1.53. The number of halogens is 2. The van der Waals surface area contributed by atoms with E-state index in [1.54, 1.807) is 18.5 Å². The maximum atomic E-state index is 6.21. The first-order valence-corrected chi connectivity index (χ1v) is 5.87. The van der Waals surface area contributed by atoms with E-state index in [9.17, 15) is 0 Å². The molecule has 1 unspecified atom stereocenters. The highest BCUT2D eigenvalue weighted by atomic mass is 35.5. The summed E-state index contributed by atoms with van der Waals surface area (Å²) in [5, 5.41) is 0.902. The second-order valence-corrected chi connectivity index (χ2v) is 4.45. The van der Waals surface area contributed by atoms with Gasteiger partial charge in [0.2, 0.25) is 0 Å². The molecule has 17 heavy (non-hydrogen) atoms. The molecule has 1 aromatic carbocycles. The van der Waals surface area contributed by atoms with Crippen LogP contribution < -0.4 is 5.73 Å². The molecule has 0 bridgehead atoms. The van der Waals surface area contributed by atoms with Gasteiger partial charge in [-0.15, -0.1) is 0 Å². The second kappa shape index (κ2) is 5.00. The number of aromatic nitrogens is 2. The van der Waals surface area contributed by atoms with E-state index in [1.807, 2.05) is 19.1 Å². The summed E-state index contributed by atoms with van der Waals surface area (Å²) < 4.78 is 0. The molecule has 0 saturated carbocycles. The summed E-state index contributed by atoms with van der Waals surface area (Å²) in [7, 11) is 0. The highest BCUT2D eigenvalue weighted by Gasteiger charge is 2.14. The van der Waals surface area contributed by atoms with Gasteiger partial charge in [-0.05, 0) is 24.6 Å². The summed E-state index contributed by atoms with van der Waals surface area (Å²) in [6, 6.07) is 5.27. The van der Waals surface area contributed by atoms with Crippen LogP contribution in [0.25, 0.3) is 11.4 Å². The monoisotopic (exact) mass is 267 g/mol. The molecule has 2 N–H and O–H groups in total. The molecule has 1 heterocycles. The molecule has 0 amide bonds. The van der Waals surface area contributed by atoms with Crippen LogP contribution in [0.1, 0.15) is 18.5 Å². The van der Waals surface area contributed by atoms with E-state index in [0.717, 1.165) is 5.56 Å². The third kappa shape index (κ3) is 2.41. The quantitative estimate of drug-likeness (QED) is 0.907. The molecule has 0 saturated heterocycles.